The molecule has 0 aliphatic carbocycles. The van der Waals surface area contributed by atoms with Crippen LogP contribution < -0.4 is 10.1 Å². The lowest BCUT2D eigenvalue weighted by Crippen LogP contribution is -2.08. The summed E-state index contributed by atoms with van der Waals surface area (Å²) in [5.74, 6) is 0.566. The molecule has 0 aliphatic rings. The lowest BCUT2D eigenvalue weighted by molar-refractivity contribution is 0.305. The topological polar surface area (TPSA) is 47.0 Å². The molecular weight excluding hydrogens is 190 g/mol. The van der Waals surface area contributed by atoms with E-state index in [-0.39, 0.29) is 0 Å². The van der Waals surface area contributed by atoms with Crippen molar-refractivity contribution in [1.82, 2.24) is 15.5 Å². The van der Waals surface area contributed by atoms with E-state index in [0.29, 0.717) is 12.5 Å². The minimum atomic E-state index is 0.566. The fourth-order valence-corrected chi connectivity index (χ4v) is 1.03. The van der Waals surface area contributed by atoms with Crippen molar-refractivity contribution < 1.29 is 4.74 Å². The maximum Gasteiger partial charge on any atom is 0.233 e. The van der Waals surface area contributed by atoms with Crippen molar-refractivity contribution in [3.05, 3.63) is 30.0 Å². The molecule has 1 heterocycles. The van der Waals surface area contributed by atoms with Gasteiger partial charge in [0.2, 0.25) is 5.88 Å². The second-order valence-electron chi connectivity index (χ2n) is 3.45. The summed E-state index contributed by atoms with van der Waals surface area (Å²) in [6.07, 6.45) is 0.847. The van der Waals surface area contributed by atoms with Gasteiger partial charge < -0.3 is 10.1 Å². The predicted octanol–water partition coefficient (Wildman–Crippen LogP) is 1.54. The molecule has 0 aliphatic heterocycles. The first kappa shape index (κ1) is 11.7. The van der Waals surface area contributed by atoms with Crippen LogP contribution in [0.3, 0.4) is 0 Å². The SMILES string of the molecule is C=C(C)CCOc1ccc(CNC)nn1. The third kappa shape index (κ3) is 4.56. The minimum absolute atomic E-state index is 0.566. The van der Waals surface area contributed by atoms with Crippen LogP contribution >= 0.6 is 0 Å². The average molecular weight is 207 g/mol. The van der Waals surface area contributed by atoms with Crippen molar-refractivity contribution in [3.63, 3.8) is 0 Å². The molecule has 0 radical (unpaired) electrons. The van der Waals surface area contributed by atoms with Gasteiger partial charge in [-0.15, -0.1) is 11.7 Å². The van der Waals surface area contributed by atoms with Crippen LogP contribution in [0.2, 0.25) is 0 Å². The van der Waals surface area contributed by atoms with Gasteiger partial charge in [0.25, 0.3) is 0 Å². The Kier molecular flexibility index (Phi) is 4.77. The van der Waals surface area contributed by atoms with Gasteiger partial charge in [-0.2, -0.15) is 5.10 Å². The normalized spacial score (nSPS) is 10.0. The van der Waals surface area contributed by atoms with Crippen LogP contribution in [0.1, 0.15) is 19.0 Å². The van der Waals surface area contributed by atoms with Crippen molar-refractivity contribution in [2.75, 3.05) is 13.7 Å². The van der Waals surface area contributed by atoms with Crippen LogP contribution in [0.4, 0.5) is 0 Å². The van der Waals surface area contributed by atoms with E-state index in [9.17, 15) is 0 Å². The molecule has 0 unspecified atom stereocenters. The molecule has 1 aromatic rings. The molecule has 0 amide bonds. The van der Waals surface area contributed by atoms with Crippen LogP contribution in [0.15, 0.2) is 24.3 Å². The quantitative estimate of drug-likeness (QED) is 0.719. The Morgan fingerprint density at radius 1 is 1.47 bits per heavy atom. The number of nitrogens with zero attached hydrogens (tertiary/aromatic N) is 2. The van der Waals surface area contributed by atoms with E-state index in [4.69, 9.17) is 4.74 Å². The molecular formula is C11H17N3O. The zero-order valence-corrected chi connectivity index (χ0v) is 9.29. The third-order valence-electron chi connectivity index (χ3n) is 1.83. The van der Waals surface area contributed by atoms with Crippen LogP contribution in [-0.2, 0) is 6.54 Å². The number of nitrogens with one attached hydrogen (secondary N) is 1. The highest BCUT2D eigenvalue weighted by atomic mass is 16.5. The largest absolute Gasteiger partial charge is 0.476 e. The highest BCUT2D eigenvalue weighted by Gasteiger charge is 1.97. The summed E-state index contributed by atoms with van der Waals surface area (Å²) < 4.78 is 5.40. The molecule has 0 spiro atoms. The summed E-state index contributed by atoms with van der Waals surface area (Å²) in [5.41, 5.74) is 2.01. The van der Waals surface area contributed by atoms with Gasteiger partial charge in [-0.05, 0) is 20.0 Å². The van der Waals surface area contributed by atoms with E-state index in [0.717, 1.165) is 24.2 Å². The highest BCUT2D eigenvalue weighted by molar-refractivity contribution is 5.11. The molecule has 0 fully saturated rings. The number of ether oxygens (including phenoxy) is 1. The second kappa shape index (κ2) is 6.14. The fraction of sp³-hybridized carbons (Fsp3) is 0.455. The molecule has 4 heteroatoms. The maximum absolute atomic E-state index is 5.40. The summed E-state index contributed by atoms with van der Waals surface area (Å²) in [6, 6.07) is 3.73. The van der Waals surface area contributed by atoms with E-state index in [1.54, 1.807) is 0 Å². The van der Waals surface area contributed by atoms with Gasteiger partial charge in [-0.3, -0.25) is 0 Å². The zero-order valence-electron chi connectivity index (χ0n) is 9.29. The Morgan fingerprint density at radius 2 is 2.27 bits per heavy atom. The van der Waals surface area contributed by atoms with Gasteiger partial charge in [-0.25, -0.2) is 0 Å². The molecule has 82 valence electrons. The number of hydrogen-bond donors (Lipinski definition) is 1. The Balaban J connectivity index is 2.39. The Labute approximate surface area is 90.4 Å². The lowest BCUT2D eigenvalue weighted by Gasteiger charge is -2.04. The molecule has 4 nitrogen and oxygen atoms in total. The molecule has 0 aromatic carbocycles. The summed E-state index contributed by atoms with van der Waals surface area (Å²) in [4.78, 5) is 0. The van der Waals surface area contributed by atoms with Gasteiger partial charge in [0, 0.05) is 19.0 Å². The van der Waals surface area contributed by atoms with E-state index in [1.165, 1.54) is 0 Å². The standard InChI is InChI=1S/C11H17N3O/c1-9(2)6-7-15-11-5-4-10(8-12-3)13-14-11/h4-5,12H,1,6-8H2,2-3H3. The molecule has 1 rings (SSSR count). The van der Waals surface area contributed by atoms with Gasteiger partial charge in [0.15, 0.2) is 0 Å². The van der Waals surface area contributed by atoms with Gasteiger partial charge >= 0.3 is 0 Å². The molecule has 1 aromatic heterocycles. The van der Waals surface area contributed by atoms with Crippen molar-refractivity contribution in [2.45, 2.75) is 19.9 Å². The fourth-order valence-electron chi connectivity index (χ4n) is 1.03. The van der Waals surface area contributed by atoms with E-state index >= 15 is 0 Å². The summed E-state index contributed by atoms with van der Waals surface area (Å²) in [7, 11) is 1.87. The third-order valence-corrected chi connectivity index (χ3v) is 1.83. The molecule has 1 N–H and O–H groups in total. The monoisotopic (exact) mass is 207 g/mol. The van der Waals surface area contributed by atoms with E-state index < -0.39 is 0 Å². The first-order valence-corrected chi connectivity index (χ1v) is 4.96. The Morgan fingerprint density at radius 3 is 2.80 bits per heavy atom. The van der Waals surface area contributed by atoms with Crippen molar-refractivity contribution >= 4 is 0 Å². The molecule has 0 saturated carbocycles. The van der Waals surface area contributed by atoms with Crippen molar-refractivity contribution in [3.8, 4) is 5.88 Å². The smallest absolute Gasteiger partial charge is 0.233 e. The van der Waals surface area contributed by atoms with Gasteiger partial charge in [0.1, 0.15) is 0 Å². The molecule has 15 heavy (non-hydrogen) atoms. The molecule has 0 bridgehead atoms. The van der Waals surface area contributed by atoms with Crippen LogP contribution in [-0.4, -0.2) is 23.9 Å². The highest BCUT2D eigenvalue weighted by Crippen LogP contribution is 2.06. The lowest BCUT2D eigenvalue weighted by atomic mass is 10.3. The van der Waals surface area contributed by atoms with E-state index in [2.05, 4.69) is 22.1 Å². The van der Waals surface area contributed by atoms with Crippen molar-refractivity contribution in [2.24, 2.45) is 0 Å². The molecule has 0 atom stereocenters. The van der Waals surface area contributed by atoms with Crippen LogP contribution in [0, 0.1) is 0 Å². The summed E-state index contributed by atoms with van der Waals surface area (Å²) in [6.45, 7) is 7.11. The first-order valence-electron chi connectivity index (χ1n) is 4.96. The number of hydrogen-bond acceptors (Lipinski definition) is 4. The Bertz CT molecular complexity index is 308. The number of aromatic nitrogens is 2. The van der Waals surface area contributed by atoms with Gasteiger partial charge in [-0.1, -0.05) is 5.57 Å². The van der Waals surface area contributed by atoms with Crippen LogP contribution in [0.5, 0.6) is 5.88 Å². The average Bonchev–Trinajstić information content (AvgIpc) is 2.20. The summed E-state index contributed by atoms with van der Waals surface area (Å²) in [5, 5.41) is 11.0. The zero-order chi connectivity index (χ0) is 11.1. The first-order chi connectivity index (χ1) is 7.22. The Hall–Kier alpha value is -1.42. The van der Waals surface area contributed by atoms with Crippen LogP contribution in [0.25, 0.3) is 0 Å². The van der Waals surface area contributed by atoms with Crippen molar-refractivity contribution in [1.29, 1.82) is 0 Å². The summed E-state index contributed by atoms with van der Waals surface area (Å²) >= 11 is 0. The minimum Gasteiger partial charge on any atom is -0.476 e. The maximum atomic E-state index is 5.40. The number of rotatable bonds is 6. The van der Waals surface area contributed by atoms with Gasteiger partial charge in [0.05, 0.1) is 12.3 Å². The molecule has 0 saturated heterocycles. The second-order valence-corrected chi connectivity index (χ2v) is 3.45. The van der Waals surface area contributed by atoms with E-state index in [1.807, 2.05) is 26.1 Å². The predicted molar refractivity (Wildman–Crippen MR) is 59.7 cm³/mol.